The molecule has 0 radical (unpaired) electrons. The Balaban J connectivity index is 2.03. The second-order valence-corrected chi connectivity index (χ2v) is 5.08. The van der Waals surface area contributed by atoms with Gasteiger partial charge in [0.15, 0.2) is 0 Å². The van der Waals surface area contributed by atoms with Crippen molar-refractivity contribution in [3.8, 4) is 0 Å². The summed E-state index contributed by atoms with van der Waals surface area (Å²) in [4.78, 5) is 0. The number of thiophene rings is 1. The van der Waals surface area contributed by atoms with Gasteiger partial charge in [-0.3, -0.25) is 0 Å². The lowest BCUT2D eigenvalue weighted by Gasteiger charge is -2.46. The number of rotatable bonds is 5. The fraction of sp³-hybridized carbons (Fsp3) is 0.667. The molecule has 0 spiro atoms. The van der Waals surface area contributed by atoms with Crippen LogP contribution in [-0.4, -0.2) is 25.8 Å². The van der Waals surface area contributed by atoms with Crippen molar-refractivity contribution in [1.29, 1.82) is 0 Å². The summed E-state index contributed by atoms with van der Waals surface area (Å²) in [6.07, 6.45) is 4.77. The highest BCUT2D eigenvalue weighted by molar-refractivity contribution is 7.07. The maximum atomic E-state index is 5.72. The molecule has 15 heavy (non-hydrogen) atoms. The molecule has 1 aromatic heterocycles. The maximum Gasteiger partial charge on any atom is 0.0834 e. The molecular weight excluding hydrogens is 206 g/mol. The van der Waals surface area contributed by atoms with Crippen LogP contribution in [0.25, 0.3) is 0 Å². The van der Waals surface area contributed by atoms with Crippen LogP contribution in [0.15, 0.2) is 16.8 Å². The topological polar surface area (TPSA) is 21.3 Å². The molecule has 2 nitrogen and oxygen atoms in total. The number of hydrogen-bond acceptors (Lipinski definition) is 3. The monoisotopic (exact) mass is 225 g/mol. The van der Waals surface area contributed by atoms with E-state index in [4.69, 9.17) is 4.74 Å². The number of methoxy groups -OCH3 is 1. The summed E-state index contributed by atoms with van der Waals surface area (Å²) >= 11 is 1.77. The van der Waals surface area contributed by atoms with Gasteiger partial charge in [0.2, 0.25) is 0 Å². The first-order valence-electron chi connectivity index (χ1n) is 5.54. The standard InChI is InChI=1S/C12H19NOS/c1-13-11(8-10-4-7-15-9-10)12(14-2)5-3-6-12/h4,7,9,11,13H,3,5-6,8H2,1-2H3. The predicted octanol–water partition coefficient (Wildman–Crippen LogP) is 2.45. The second-order valence-electron chi connectivity index (χ2n) is 4.30. The Labute approximate surface area is 95.6 Å². The Bertz CT molecular complexity index is 287. The van der Waals surface area contributed by atoms with E-state index in [1.54, 1.807) is 11.3 Å². The van der Waals surface area contributed by atoms with E-state index in [-0.39, 0.29) is 5.60 Å². The Morgan fingerprint density at radius 3 is 2.80 bits per heavy atom. The Morgan fingerprint density at radius 2 is 2.40 bits per heavy atom. The average Bonchev–Trinajstić information content (AvgIpc) is 2.68. The Morgan fingerprint density at radius 1 is 1.60 bits per heavy atom. The van der Waals surface area contributed by atoms with Crippen LogP contribution in [-0.2, 0) is 11.2 Å². The predicted molar refractivity (Wildman–Crippen MR) is 64.5 cm³/mol. The third-order valence-corrected chi connectivity index (χ3v) is 4.34. The van der Waals surface area contributed by atoms with Gasteiger partial charge >= 0.3 is 0 Å². The largest absolute Gasteiger partial charge is 0.377 e. The van der Waals surface area contributed by atoms with Crippen LogP contribution in [0.4, 0.5) is 0 Å². The molecule has 1 aromatic rings. The van der Waals surface area contributed by atoms with Crippen molar-refractivity contribution in [3.05, 3.63) is 22.4 Å². The normalized spacial score (nSPS) is 20.9. The molecule has 0 bridgehead atoms. The van der Waals surface area contributed by atoms with Gasteiger partial charge < -0.3 is 10.1 Å². The van der Waals surface area contributed by atoms with E-state index < -0.39 is 0 Å². The third kappa shape index (κ3) is 2.10. The summed E-state index contributed by atoms with van der Waals surface area (Å²) in [6.45, 7) is 0. The van der Waals surface area contributed by atoms with Crippen LogP contribution < -0.4 is 5.32 Å². The van der Waals surface area contributed by atoms with Gasteiger partial charge in [-0.1, -0.05) is 0 Å². The zero-order valence-electron chi connectivity index (χ0n) is 9.45. The molecule has 3 heteroatoms. The molecule has 1 saturated carbocycles. The van der Waals surface area contributed by atoms with Crippen molar-refractivity contribution < 1.29 is 4.74 Å². The van der Waals surface area contributed by atoms with Crippen molar-refractivity contribution >= 4 is 11.3 Å². The minimum atomic E-state index is 0.0939. The molecule has 2 rings (SSSR count). The first-order valence-corrected chi connectivity index (χ1v) is 6.48. The summed E-state index contributed by atoms with van der Waals surface area (Å²) < 4.78 is 5.72. The maximum absolute atomic E-state index is 5.72. The van der Waals surface area contributed by atoms with Crippen LogP contribution in [0.1, 0.15) is 24.8 Å². The van der Waals surface area contributed by atoms with Crippen LogP contribution in [0.5, 0.6) is 0 Å². The molecule has 0 saturated heterocycles. The van der Waals surface area contributed by atoms with E-state index in [0.717, 1.165) is 6.42 Å². The van der Waals surface area contributed by atoms with Gasteiger partial charge in [-0.15, -0.1) is 0 Å². The van der Waals surface area contributed by atoms with Crippen molar-refractivity contribution in [2.24, 2.45) is 0 Å². The lowest BCUT2D eigenvalue weighted by atomic mass is 9.73. The van der Waals surface area contributed by atoms with Gasteiger partial charge in [-0.2, -0.15) is 11.3 Å². The summed E-state index contributed by atoms with van der Waals surface area (Å²) in [6, 6.07) is 2.66. The van der Waals surface area contributed by atoms with Crippen molar-refractivity contribution in [2.45, 2.75) is 37.3 Å². The molecule has 1 aliphatic rings. The summed E-state index contributed by atoms with van der Waals surface area (Å²) in [5.74, 6) is 0. The highest BCUT2D eigenvalue weighted by atomic mass is 32.1. The van der Waals surface area contributed by atoms with E-state index in [0.29, 0.717) is 6.04 Å². The third-order valence-electron chi connectivity index (χ3n) is 3.61. The molecule has 1 N–H and O–H groups in total. The van der Waals surface area contributed by atoms with Crippen molar-refractivity contribution in [1.82, 2.24) is 5.32 Å². The van der Waals surface area contributed by atoms with E-state index >= 15 is 0 Å². The SMILES string of the molecule is CNC(Cc1ccsc1)C1(OC)CCC1. The smallest absolute Gasteiger partial charge is 0.0834 e. The fourth-order valence-corrected chi connectivity index (χ4v) is 3.10. The fourth-order valence-electron chi connectivity index (χ4n) is 2.42. The Kier molecular flexibility index (Phi) is 3.44. The first-order chi connectivity index (χ1) is 7.30. The van der Waals surface area contributed by atoms with Crippen molar-refractivity contribution in [3.63, 3.8) is 0 Å². The molecule has 0 aliphatic heterocycles. The Hall–Kier alpha value is -0.380. The molecule has 1 atom stereocenters. The van der Waals surface area contributed by atoms with Crippen LogP contribution >= 0.6 is 11.3 Å². The molecular formula is C12H19NOS. The van der Waals surface area contributed by atoms with Gasteiger partial charge in [0.25, 0.3) is 0 Å². The van der Waals surface area contributed by atoms with Crippen molar-refractivity contribution in [2.75, 3.05) is 14.2 Å². The first kappa shape index (κ1) is 11.1. The lowest BCUT2D eigenvalue weighted by Crippen LogP contribution is -2.56. The minimum absolute atomic E-state index is 0.0939. The minimum Gasteiger partial charge on any atom is -0.377 e. The van der Waals surface area contributed by atoms with E-state index in [2.05, 4.69) is 22.1 Å². The molecule has 1 heterocycles. The van der Waals surface area contributed by atoms with Gasteiger partial charge in [-0.25, -0.2) is 0 Å². The summed E-state index contributed by atoms with van der Waals surface area (Å²) in [7, 11) is 3.88. The second kappa shape index (κ2) is 4.64. The highest BCUT2D eigenvalue weighted by Gasteiger charge is 2.43. The molecule has 1 unspecified atom stereocenters. The van der Waals surface area contributed by atoms with Gasteiger partial charge in [0.05, 0.1) is 5.60 Å². The van der Waals surface area contributed by atoms with Crippen LogP contribution in [0.2, 0.25) is 0 Å². The quantitative estimate of drug-likeness (QED) is 0.831. The van der Waals surface area contributed by atoms with E-state index in [1.165, 1.54) is 24.8 Å². The van der Waals surface area contributed by atoms with Crippen LogP contribution in [0.3, 0.4) is 0 Å². The molecule has 0 aromatic carbocycles. The average molecular weight is 225 g/mol. The van der Waals surface area contributed by atoms with Crippen LogP contribution in [0, 0.1) is 0 Å². The molecule has 84 valence electrons. The van der Waals surface area contributed by atoms with E-state index in [1.807, 2.05) is 14.2 Å². The number of ether oxygens (including phenoxy) is 1. The highest BCUT2D eigenvalue weighted by Crippen LogP contribution is 2.39. The number of likely N-dealkylation sites (N-methyl/N-ethyl adjacent to an activating group) is 1. The van der Waals surface area contributed by atoms with Gasteiger partial charge in [0.1, 0.15) is 0 Å². The summed E-state index contributed by atoms with van der Waals surface area (Å²) in [5, 5.41) is 7.78. The lowest BCUT2D eigenvalue weighted by molar-refractivity contribution is -0.0966. The van der Waals surface area contributed by atoms with Gasteiger partial charge in [0, 0.05) is 13.2 Å². The number of nitrogens with one attached hydrogen (secondary N) is 1. The molecule has 1 aliphatic carbocycles. The zero-order chi connectivity index (χ0) is 10.7. The molecule has 0 amide bonds. The molecule has 1 fully saturated rings. The zero-order valence-corrected chi connectivity index (χ0v) is 10.3. The number of hydrogen-bond donors (Lipinski definition) is 1. The van der Waals surface area contributed by atoms with Gasteiger partial charge in [-0.05, 0) is 55.1 Å². The van der Waals surface area contributed by atoms with E-state index in [9.17, 15) is 0 Å². The summed E-state index contributed by atoms with van der Waals surface area (Å²) in [5.41, 5.74) is 1.51.